The minimum Gasteiger partial charge on any atom is -0.497 e. The molecule has 1 aliphatic heterocycles. The van der Waals surface area contributed by atoms with Crippen molar-refractivity contribution in [1.82, 2.24) is 15.5 Å². The molecule has 1 aromatic carbocycles. The van der Waals surface area contributed by atoms with Gasteiger partial charge in [-0.2, -0.15) is 0 Å². The van der Waals surface area contributed by atoms with E-state index in [9.17, 15) is 9.90 Å². The Bertz CT molecular complexity index is 750. The molecule has 1 heterocycles. The van der Waals surface area contributed by atoms with E-state index >= 15 is 0 Å². The van der Waals surface area contributed by atoms with E-state index in [-0.39, 0.29) is 48.4 Å². The molecule has 1 fully saturated rings. The number of aliphatic hydroxyl groups excluding tert-OH is 1. The number of likely N-dealkylation sites (tertiary alicyclic amines) is 1. The van der Waals surface area contributed by atoms with Crippen LogP contribution in [0.4, 0.5) is 0 Å². The normalized spacial score (nSPS) is 15.6. The number of aliphatic hydroxyl groups is 1. The van der Waals surface area contributed by atoms with E-state index in [2.05, 4.69) is 29.5 Å². The fourth-order valence-corrected chi connectivity index (χ4v) is 4.03. The van der Waals surface area contributed by atoms with Crippen molar-refractivity contribution >= 4 is 35.8 Å². The van der Waals surface area contributed by atoms with E-state index < -0.39 is 6.10 Å². The van der Waals surface area contributed by atoms with Crippen molar-refractivity contribution < 1.29 is 19.4 Å². The van der Waals surface area contributed by atoms with Gasteiger partial charge in [0.2, 0.25) is 5.91 Å². The summed E-state index contributed by atoms with van der Waals surface area (Å²) in [6.07, 6.45) is 2.72. The lowest BCUT2D eigenvalue weighted by Crippen LogP contribution is -2.50. The van der Waals surface area contributed by atoms with Crippen LogP contribution in [0.3, 0.4) is 0 Å². The van der Waals surface area contributed by atoms with Crippen molar-refractivity contribution in [2.24, 2.45) is 10.9 Å². The van der Waals surface area contributed by atoms with Crippen LogP contribution in [0.5, 0.6) is 11.5 Å². The Kier molecular flexibility index (Phi) is 13.5. The highest BCUT2D eigenvalue weighted by Crippen LogP contribution is 2.29. The van der Waals surface area contributed by atoms with Gasteiger partial charge in [0.05, 0.1) is 20.8 Å². The predicted molar refractivity (Wildman–Crippen MR) is 143 cm³/mol. The van der Waals surface area contributed by atoms with E-state index in [0.717, 1.165) is 45.3 Å². The van der Waals surface area contributed by atoms with Crippen LogP contribution in [-0.4, -0.2) is 68.3 Å². The maximum Gasteiger partial charge on any atom is 0.225 e. The standard InChI is InChI=1S/C24H40N4O4.HI/c1-6-17(7-2)23(30)28-13-11-18(12-14-28)27-24(25-8-3)26-16-21(29)20-15-19(31-4)9-10-22(20)32-5;/h9-10,15,17-18,21,29H,6-8,11-14,16H2,1-5H3,(H2,25,26,27);1H. The Morgan fingerprint density at radius 3 is 2.39 bits per heavy atom. The lowest BCUT2D eigenvalue weighted by atomic mass is 9.98. The number of aliphatic imine (C=N–C) groups is 1. The summed E-state index contributed by atoms with van der Waals surface area (Å²) in [5.41, 5.74) is 0.639. The second-order valence-corrected chi connectivity index (χ2v) is 8.10. The lowest BCUT2D eigenvalue weighted by molar-refractivity contribution is -0.136. The molecule has 188 valence electrons. The maximum atomic E-state index is 12.6. The molecule has 0 spiro atoms. The Labute approximate surface area is 215 Å². The highest BCUT2D eigenvalue weighted by molar-refractivity contribution is 14.0. The molecule has 1 unspecified atom stereocenters. The number of nitrogens with zero attached hydrogens (tertiary/aromatic N) is 2. The van der Waals surface area contributed by atoms with Gasteiger partial charge >= 0.3 is 0 Å². The van der Waals surface area contributed by atoms with Gasteiger partial charge in [-0.05, 0) is 50.8 Å². The first-order chi connectivity index (χ1) is 15.5. The number of rotatable bonds is 10. The van der Waals surface area contributed by atoms with Crippen LogP contribution in [-0.2, 0) is 4.79 Å². The third-order valence-corrected chi connectivity index (χ3v) is 6.04. The van der Waals surface area contributed by atoms with Crippen molar-refractivity contribution in [3.05, 3.63) is 23.8 Å². The number of ether oxygens (including phenoxy) is 2. The van der Waals surface area contributed by atoms with E-state index in [1.807, 2.05) is 11.8 Å². The predicted octanol–water partition coefficient (Wildman–Crippen LogP) is 3.34. The second kappa shape index (κ2) is 15.2. The molecule has 1 amide bonds. The smallest absolute Gasteiger partial charge is 0.225 e. The van der Waals surface area contributed by atoms with E-state index in [1.165, 1.54) is 0 Å². The first-order valence-electron chi connectivity index (χ1n) is 11.7. The van der Waals surface area contributed by atoms with Gasteiger partial charge < -0.3 is 30.1 Å². The van der Waals surface area contributed by atoms with Gasteiger partial charge in [0.25, 0.3) is 0 Å². The molecule has 9 heteroatoms. The number of halogens is 1. The van der Waals surface area contributed by atoms with Crippen molar-refractivity contribution in [3.8, 4) is 11.5 Å². The van der Waals surface area contributed by atoms with Crippen LogP contribution < -0.4 is 20.1 Å². The molecule has 0 bridgehead atoms. The first-order valence-corrected chi connectivity index (χ1v) is 11.7. The van der Waals surface area contributed by atoms with Gasteiger partial charge in [-0.1, -0.05) is 13.8 Å². The quantitative estimate of drug-likeness (QED) is 0.225. The molecule has 8 nitrogen and oxygen atoms in total. The molecule has 0 aliphatic carbocycles. The Morgan fingerprint density at radius 2 is 1.85 bits per heavy atom. The SMILES string of the molecule is CCNC(=NCC(O)c1cc(OC)ccc1OC)NC1CCN(C(=O)C(CC)CC)CC1.I. The molecule has 0 saturated carbocycles. The topological polar surface area (TPSA) is 95.4 Å². The molecule has 0 radical (unpaired) electrons. The number of piperidine rings is 1. The number of guanidine groups is 1. The average Bonchev–Trinajstić information content (AvgIpc) is 2.83. The molecular formula is C24H41IN4O4. The minimum atomic E-state index is -0.824. The number of hydrogen-bond donors (Lipinski definition) is 3. The van der Waals surface area contributed by atoms with Gasteiger partial charge in [-0.3, -0.25) is 9.79 Å². The summed E-state index contributed by atoms with van der Waals surface area (Å²) in [4.78, 5) is 19.2. The highest BCUT2D eigenvalue weighted by Gasteiger charge is 2.27. The van der Waals surface area contributed by atoms with Crippen molar-refractivity contribution in [2.45, 2.75) is 58.6 Å². The molecule has 2 rings (SSSR count). The average molecular weight is 577 g/mol. The van der Waals surface area contributed by atoms with Crippen LogP contribution >= 0.6 is 24.0 Å². The Balaban J connectivity index is 0.00000544. The molecular weight excluding hydrogens is 535 g/mol. The fraction of sp³-hybridized carbons (Fsp3) is 0.667. The monoisotopic (exact) mass is 576 g/mol. The Morgan fingerprint density at radius 1 is 1.18 bits per heavy atom. The fourth-order valence-electron chi connectivity index (χ4n) is 4.03. The number of carbonyl (C=O) groups excluding carboxylic acids is 1. The number of nitrogens with one attached hydrogen (secondary N) is 2. The summed E-state index contributed by atoms with van der Waals surface area (Å²) in [6.45, 7) is 8.59. The highest BCUT2D eigenvalue weighted by atomic mass is 127. The molecule has 33 heavy (non-hydrogen) atoms. The maximum absolute atomic E-state index is 12.6. The lowest BCUT2D eigenvalue weighted by Gasteiger charge is -2.35. The van der Waals surface area contributed by atoms with E-state index in [0.29, 0.717) is 23.0 Å². The molecule has 1 aliphatic rings. The summed E-state index contributed by atoms with van der Waals surface area (Å²) in [6, 6.07) is 5.58. The van der Waals surface area contributed by atoms with Gasteiger partial charge in [-0.15, -0.1) is 24.0 Å². The second-order valence-electron chi connectivity index (χ2n) is 8.10. The zero-order chi connectivity index (χ0) is 23.5. The summed E-state index contributed by atoms with van der Waals surface area (Å²) in [5.74, 6) is 2.33. The number of amides is 1. The first kappa shape index (κ1) is 29.3. The van der Waals surface area contributed by atoms with Gasteiger partial charge in [0.15, 0.2) is 5.96 Å². The summed E-state index contributed by atoms with van der Waals surface area (Å²) in [5, 5.41) is 17.4. The zero-order valence-corrected chi connectivity index (χ0v) is 22.9. The molecule has 0 aromatic heterocycles. The minimum absolute atomic E-state index is 0. The number of carbonyl (C=O) groups is 1. The van der Waals surface area contributed by atoms with E-state index in [4.69, 9.17) is 9.47 Å². The van der Waals surface area contributed by atoms with Crippen molar-refractivity contribution in [2.75, 3.05) is 40.4 Å². The van der Waals surface area contributed by atoms with Gasteiger partial charge in [0, 0.05) is 37.2 Å². The number of methoxy groups -OCH3 is 2. The van der Waals surface area contributed by atoms with Crippen LogP contribution in [0.25, 0.3) is 0 Å². The van der Waals surface area contributed by atoms with Crippen molar-refractivity contribution in [1.29, 1.82) is 0 Å². The summed E-state index contributed by atoms with van der Waals surface area (Å²) < 4.78 is 10.6. The third kappa shape index (κ3) is 8.51. The summed E-state index contributed by atoms with van der Waals surface area (Å²) >= 11 is 0. The number of benzene rings is 1. The van der Waals surface area contributed by atoms with Crippen LogP contribution in [0.15, 0.2) is 23.2 Å². The number of hydrogen-bond acceptors (Lipinski definition) is 5. The van der Waals surface area contributed by atoms with Crippen LogP contribution in [0.1, 0.15) is 58.1 Å². The largest absolute Gasteiger partial charge is 0.497 e. The zero-order valence-electron chi connectivity index (χ0n) is 20.6. The molecule has 1 atom stereocenters. The van der Waals surface area contributed by atoms with Crippen molar-refractivity contribution in [3.63, 3.8) is 0 Å². The Hall–Kier alpha value is -1.75. The third-order valence-electron chi connectivity index (χ3n) is 6.04. The molecule has 3 N–H and O–H groups in total. The van der Waals surface area contributed by atoms with Crippen LogP contribution in [0, 0.1) is 5.92 Å². The van der Waals surface area contributed by atoms with Gasteiger partial charge in [-0.25, -0.2) is 0 Å². The summed E-state index contributed by atoms with van der Waals surface area (Å²) in [7, 11) is 3.17. The van der Waals surface area contributed by atoms with E-state index in [1.54, 1.807) is 32.4 Å². The van der Waals surface area contributed by atoms with Gasteiger partial charge in [0.1, 0.15) is 17.6 Å². The molecule has 1 saturated heterocycles. The van der Waals surface area contributed by atoms with Crippen LogP contribution in [0.2, 0.25) is 0 Å². The molecule has 1 aromatic rings.